The Kier molecular flexibility index (Phi) is 6.00. The number of likely N-dealkylation sites (tertiary alicyclic amines) is 1. The highest BCUT2D eigenvalue weighted by Crippen LogP contribution is 2.34. The molecule has 3 atom stereocenters. The fourth-order valence-corrected chi connectivity index (χ4v) is 3.80. The number of nitrogens with one attached hydrogen (secondary N) is 2. The van der Waals surface area contributed by atoms with Crippen molar-refractivity contribution in [2.24, 2.45) is 5.41 Å². The number of hydrogen-bond acceptors (Lipinski definition) is 4. The minimum atomic E-state index is -1.26. The zero-order chi connectivity index (χ0) is 21.3. The molecular weight excluding hydrogens is 440 g/mol. The number of H-pyrrole nitrogens is 1. The molecule has 9 heteroatoms. The Morgan fingerprint density at radius 2 is 1.97 bits per heavy atom. The Morgan fingerprint density at radius 1 is 1.31 bits per heavy atom. The number of β-amino-alcohol motifs (C(OH)–C–C–N with tert-alkyl or cyclic N) is 1. The minimum Gasteiger partial charge on any atom is -0.465 e. The predicted molar refractivity (Wildman–Crippen MR) is 111 cm³/mol. The maximum Gasteiger partial charge on any atom is 0.405 e. The summed E-state index contributed by atoms with van der Waals surface area (Å²) in [5.74, 6) is 0.193. The van der Waals surface area contributed by atoms with Crippen molar-refractivity contribution in [3.63, 3.8) is 0 Å². The van der Waals surface area contributed by atoms with Gasteiger partial charge >= 0.3 is 6.09 Å². The molecule has 2 aromatic rings. The highest BCUT2D eigenvalue weighted by atomic mass is 79.9. The van der Waals surface area contributed by atoms with E-state index < -0.39 is 29.7 Å². The second-order valence-corrected chi connectivity index (χ2v) is 9.25. The van der Waals surface area contributed by atoms with Crippen LogP contribution in [0.25, 0.3) is 11.3 Å². The van der Waals surface area contributed by atoms with Gasteiger partial charge in [-0.3, -0.25) is 4.79 Å². The molecule has 1 aromatic heterocycles. The molecular formula is C20H25BrN4O4. The van der Waals surface area contributed by atoms with Gasteiger partial charge in [0.25, 0.3) is 0 Å². The number of aliphatic hydroxyl groups excluding tert-OH is 1. The van der Waals surface area contributed by atoms with E-state index in [9.17, 15) is 14.7 Å². The summed E-state index contributed by atoms with van der Waals surface area (Å²) in [6.45, 7) is 5.52. The summed E-state index contributed by atoms with van der Waals surface area (Å²) in [6, 6.07) is 6.35. The van der Waals surface area contributed by atoms with Crippen molar-refractivity contribution in [1.29, 1.82) is 0 Å². The number of amides is 2. The molecule has 1 fully saturated rings. The van der Waals surface area contributed by atoms with Crippen molar-refractivity contribution in [2.75, 3.05) is 6.54 Å². The summed E-state index contributed by atoms with van der Waals surface area (Å²) in [5.41, 5.74) is 1.13. The molecule has 1 aliphatic heterocycles. The van der Waals surface area contributed by atoms with Gasteiger partial charge in [0.05, 0.1) is 24.0 Å². The average Bonchev–Trinajstić information content (AvgIpc) is 3.25. The van der Waals surface area contributed by atoms with Crippen molar-refractivity contribution in [3.05, 3.63) is 40.8 Å². The molecule has 2 amide bonds. The molecule has 1 aliphatic rings. The highest BCUT2D eigenvalue weighted by molar-refractivity contribution is 9.10. The van der Waals surface area contributed by atoms with Gasteiger partial charge in [-0.1, -0.05) is 48.8 Å². The van der Waals surface area contributed by atoms with Crippen molar-refractivity contribution in [3.8, 4) is 11.3 Å². The van der Waals surface area contributed by atoms with E-state index in [2.05, 4.69) is 31.2 Å². The van der Waals surface area contributed by atoms with E-state index in [1.807, 2.05) is 24.3 Å². The number of benzene rings is 1. The standard InChI is InChI=1S/C20H25BrN4O4/c1-20(2,3)16(24-19(28)29)18(27)25-10-13(26)8-15(25)17-22-9-14(23-17)11-4-6-12(21)7-5-11/h4-7,9,13,15-16,24,26H,8,10H2,1-3H3,(H,22,23)(H,28,29)/t13-,15+,16?/m1/s1. The van der Waals surface area contributed by atoms with Gasteiger partial charge in [-0.2, -0.15) is 0 Å². The zero-order valence-electron chi connectivity index (χ0n) is 16.5. The van der Waals surface area contributed by atoms with Gasteiger partial charge in [-0.25, -0.2) is 9.78 Å². The highest BCUT2D eigenvalue weighted by Gasteiger charge is 2.43. The Bertz CT molecular complexity index is 891. The van der Waals surface area contributed by atoms with Crippen LogP contribution in [-0.2, 0) is 4.79 Å². The van der Waals surface area contributed by atoms with E-state index in [1.165, 1.54) is 4.90 Å². The van der Waals surface area contributed by atoms with Crippen LogP contribution in [0.2, 0.25) is 0 Å². The second kappa shape index (κ2) is 8.16. The monoisotopic (exact) mass is 464 g/mol. The Morgan fingerprint density at radius 3 is 2.55 bits per heavy atom. The number of nitrogens with zero attached hydrogens (tertiary/aromatic N) is 2. The zero-order valence-corrected chi connectivity index (χ0v) is 18.1. The first-order valence-corrected chi connectivity index (χ1v) is 10.1. The third-order valence-corrected chi connectivity index (χ3v) is 5.54. The van der Waals surface area contributed by atoms with Gasteiger partial charge in [0.15, 0.2) is 0 Å². The Hall–Kier alpha value is -2.39. The molecule has 1 unspecified atom stereocenters. The van der Waals surface area contributed by atoms with E-state index in [-0.39, 0.29) is 12.5 Å². The van der Waals surface area contributed by atoms with Crippen LogP contribution in [-0.4, -0.2) is 55.8 Å². The van der Waals surface area contributed by atoms with Crippen LogP contribution >= 0.6 is 15.9 Å². The van der Waals surface area contributed by atoms with Crippen LogP contribution in [0.15, 0.2) is 34.9 Å². The van der Waals surface area contributed by atoms with E-state index in [0.717, 1.165) is 15.7 Å². The average molecular weight is 465 g/mol. The maximum absolute atomic E-state index is 13.2. The molecule has 0 radical (unpaired) electrons. The number of aliphatic hydroxyl groups is 1. The van der Waals surface area contributed by atoms with Crippen LogP contribution in [0.3, 0.4) is 0 Å². The van der Waals surface area contributed by atoms with Gasteiger partial charge in [-0.15, -0.1) is 0 Å². The maximum atomic E-state index is 13.2. The largest absolute Gasteiger partial charge is 0.465 e. The summed E-state index contributed by atoms with van der Waals surface area (Å²) in [6.07, 6.45) is 0.0757. The topological polar surface area (TPSA) is 119 Å². The first-order chi connectivity index (χ1) is 13.6. The molecule has 4 N–H and O–H groups in total. The van der Waals surface area contributed by atoms with Gasteiger partial charge in [0.2, 0.25) is 5.91 Å². The number of rotatable bonds is 4. The molecule has 0 saturated carbocycles. The smallest absolute Gasteiger partial charge is 0.405 e. The molecule has 1 aromatic carbocycles. The van der Waals surface area contributed by atoms with E-state index >= 15 is 0 Å². The Labute approximate surface area is 177 Å². The first-order valence-electron chi connectivity index (χ1n) is 9.35. The number of aromatic nitrogens is 2. The van der Waals surface area contributed by atoms with Crippen LogP contribution in [0, 0.1) is 5.41 Å². The third kappa shape index (κ3) is 4.79. The fraction of sp³-hybridized carbons (Fsp3) is 0.450. The summed E-state index contributed by atoms with van der Waals surface area (Å²) in [4.78, 5) is 33.6. The summed E-state index contributed by atoms with van der Waals surface area (Å²) >= 11 is 3.41. The summed E-state index contributed by atoms with van der Waals surface area (Å²) in [7, 11) is 0. The quantitative estimate of drug-likeness (QED) is 0.553. The number of halogens is 1. The number of imidazole rings is 1. The van der Waals surface area contributed by atoms with Crippen LogP contribution in [0.4, 0.5) is 4.79 Å². The number of carbonyl (C=O) groups is 2. The van der Waals surface area contributed by atoms with Crippen LogP contribution in [0.1, 0.15) is 39.1 Å². The van der Waals surface area contributed by atoms with Crippen LogP contribution in [0.5, 0.6) is 0 Å². The van der Waals surface area contributed by atoms with Crippen molar-refractivity contribution >= 4 is 27.9 Å². The lowest BCUT2D eigenvalue weighted by Gasteiger charge is -2.34. The van der Waals surface area contributed by atoms with E-state index in [0.29, 0.717) is 12.2 Å². The molecule has 156 valence electrons. The lowest BCUT2D eigenvalue weighted by Crippen LogP contribution is -2.54. The lowest BCUT2D eigenvalue weighted by atomic mass is 9.85. The number of aromatic amines is 1. The SMILES string of the molecule is CC(C)(C)C(NC(=O)O)C(=O)N1C[C@H](O)C[C@H]1c1ncc(-c2ccc(Br)cc2)[nH]1. The fourth-order valence-electron chi connectivity index (χ4n) is 3.54. The summed E-state index contributed by atoms with van der Waals surface area (Å²) < 4.78 is 0.968. The molecule has 0 spiro atoms. The molecule has 0 bridgehead atoms. The van der Waals surface area contributed by atoms with Crippen molar-refractivity contribution in [1.82, 2.24) is 20.2 Å². The molecule has 8 nitrogen and oxygen atoms in total. The van der Waals surface area contributed by atoms with Gasteiger partial charge in [0.1, 0.15) is 11.9 Å². The van der Waals surface area contributed by atoms with Crippen molar-refractivity contribution in [2.45, 2.75) is 45.4 Å². The first kappa shape index (κ1) is 21.3. The van der Waals surface area contributed by atoms with Crippen LogP contribution < -0.4 is 5.32 Å². The number of carbonyl (C=O) groups excluding carboxylic acids is 1. The predicted octanol–water partition coefficient (Wildman–Crippen LogP) is 3.16. The second-order valence-electron chi connectivity index (χ2n) is 8.33. The van der Waals surface area contributed by atoms with Gasteiger partial charge < -0.3 is 25.4 Å². The lowest BCUT2D eigenvalue weighted by molar-refractivity contribution is -0.137. The van der Waals surface area contributed by atoms with E-state index in [1.54, 1.807) is 27.0 Å². The van der Waals surface area contributed by atoms with Crippen molar-refractivity contribution < 1.29 is 19.8 Å². The minimum absolute atomic E-state index is 0.131. The van der Waals surface area contributed by atoms with Gasteiger partial charge in [0, 0.05) is 17.4 Å². The molecule has 0 aliphatic carbocycles. The number of hydrogen-bond donors (Lipinski definition) is 4. The number of carboxylic acid groups (broad SMARTS) is 1. The normalized spacial score (nSPS) is 20.5. The third-order valence-electron chi connectivity index (χ3n) is 5.01. The molecule has 1 saturated heterocycles. The Balaban J connectivity index is 1.87. The molecule has 2 heterocycles. The summed E-state index contributed by atoms with van der Waals surface area (Å²) in [5, 5.41) is 21.7. The molecule has 3 rings (SSSR count). The van der Waals surface area contributed by atoms with E-state index in [4.69, 9.17) is 5.11 Å². The van der Waals surface area contributed by atoms with Gasteiger partial charge in [-0.05, 0) is 23.1 Å². The molecule has 29 heavy (non-hydrogen) atoms.